The van der Waals surface area contributed by atoms with Gasteiger partial charge in [-0.3, -0.25) is 32.5 Å². The number of ether oxygens (including phenoxy) is 3. The Bertz CT molecular complexity index is 3160. The summed E-state index contributed by atoms with van der Waals surface area (Å²) in [5, 5.41) is 20.9. The maximum absolute atomic E-state index is 13.2. The number of carbonyl (C=O) groups excluding carboxylic acids is 3. The smallest absolute Gasteiger partial charge is 0.463 e. The van der Waals surface area contributed by atoms with Crippen LogP contribution in [0.1, 0.15) is 534 Å². The molecule has 16 nitrogen and oxygen atoms in total. The largest absolute Gasteiger partial charge is 0.472 e. The second-order valence-electron chi connectivity index (χ2n) is 38.9. The van der Waals surface area contributed by atoms with Crippen molar-refractivity contribution in [1.29, 1.82) is 0 Å². The first-order valence-electron chi connectivity index (χ1n) is 57.8. The first kappa shape index (κ1) is 134. The molecule has 0 bridgehead atoms. The number of aliphatic hydroxyl groups is 2. The van der Waals surface area contributed by atoms with Gasteiger partial charge in [0.1, 0.15) is 25.4 Å². The molecule has 5 unspecified atom stereocenters. The third kappa shape index (κ3) is 113. The van der Waals surface area contributed by atoms with Crippen molar-refractivity contribution in [2.75, 3.05) is 39.6 Å². The number of rotatable bonds is 110. The summed E-state index contributed by atoms with van der Waals surface area (Å²) in [5.74, 6) is -1.54. The molecule has 0 heterocycles. The molecule has 0 amide bonds. The predicted octanol–water partition coefficient (Wildman–Crippen LogP) is 37.5. The molecule has 0 aliphatic carbocycles. The van der Waals surface area contributed by atoms with Gasteiger partial charge >= 0.3 is 33.6 Å². The number of carbonyl (C=O) groups is 3. The highest BCUT2D eigenvalue weighted by Crippen LogP contribution is 2.45. The number of allylic oxidation sites excluding steroid dienone is 26. The normalized spacial score (nSPS) is 14.1. The van der Waals surface area contributed by atoms with Gasteiger partial charge in [-0.05, 0) is 154 Å². The van der Waals surface area contributed by atoms with Crippen LogP contribution in [0, 0.1) is 0 Å². The monoisotopic (exact) mass is 1990 g/mol. The fourth-order valence-electron chi connectivity index (χ4n) is 16.5. The van der Waals surface area contributed by atoms with Gasteiger partial charge in [-0.1, -0.05) is 519 Å². The van der Waals surface area contributed by atoms with Crippen molar-refractivity contribution in [2.24, 2.45) is 0 Å². The zero-order chi connectivity index (χ0) is 101. The Labute approximate surface area is 854 Å². The lowest BCUT2D eigenvalue weighted by molar-refractivity contribution is -0.161. The van der Waals surface area contributed by atoms with E-state index in [1.54, 1.807) is 0 Å². The van der Waals surface area contributed by atoms with E-state index in [1.807, 2.05) is 0 Å². The lowest BCUT2D eigenvalue weighted by Gasteiger charge is -2.21. The summed E-state index contributed by atoms with van der Waals surface area (Å²) in [7, 11) is -9.82. The van der Waals surface area contributed by atoms with Crippen LogP contribution in [0.2, 0.25) is 0 Å². The zero-order valence-corrected chi connectivity index (χ0v) is 91.4. The van der Waals surface area contributed by atoms with E-state index in [0.29, 0.717) is 19.3 Å². The van der Waals surface area contributed by atoms with Gasteiger partial charge in [-0.25, -0.2) is 9.13 Å². The maximum atomic E-state index is 13.2. The van der Waals surface area contributed by atoms with Crippen molar-refractivity contribution >= 4 is 33.6 Å². The Hall–Kier alpha value is -4.83. The minimum absolute atomic E-state index is 0.106. The minimum Gasteiger partial charge on any atom is -0.463 e. The SMILES string of the molecule is CC/C=C\C/C=C\C/C=C\C/C=C\C/C=C\CCCCCCCCCCCCCCCCCCCC(=O)OC(COC(=O)CCCCCCCCCCCCCCCCCCCCC/C=C\C/C=C\C/C=C\C/C=C\CCCCC)COP(=O)(O)OCC(O)COP(=O)(O)OCC(O)COC(=O)CCCCCCCCCCCCCCCCCCCCC/C=C\C/C=C\C/C=C\C/C=C\CCCCC. The Morgan fingerprint density at radius 3 is 0.604 bits per heavy atom. The average molecular weight is 1990 g/mol. The fraction of sp³-hybridized carbons (Fsp3) is 0.760. The predicted molar refractivity (Wildman–Crippen MR) is 592 cm³/mol. The number of esters is 3. The molecule has 0 aliphatic heterocycles. The molecule has 0 aromatic carbocycles. The van der Waals surface area contributed by atoms with Crippen LogP contribution in [0.3, 0.4) is 0 Å². The Kier molecular flexibility index (Phi) is 108. The summed E-state index contributed by atoms with van der Waals surface area (Å²) in [6, 6.07) is 0. The van der Waals surface area contributed by atoms with E-state index < -0.39 is 91.5 Å². The van der Waals surface area contributed by atoms with Crippen LogP contribution in [-0.4, -0.2) is 95.9 Å². The van der Waals surface area contributed by atoms with Gasteiger partial charge in [0.05, 0.1) is 26.4 Å². The van der Waals surface area contributed by atoms with Gasteiger partial charge in [0.25, 0.3) is 0 Å². The number of hydrogen-bond donors (Lipinski definition) is 4. The third-order valence-corrected chi connectivity index (χ3v) is 27.1. The number of phosphoric acid groups is 2. The molecular formula is C121H214O16P2. The minimum atomic E-state index is -4.95. The average Bonchev–Trinajstić information content (AvgIpc) is 0.896. The van der Waals surface area contributed by atoms with Crippen LogP contribution in [0.15, 0.2) is 158 Å². The maximum Gasteiger partial charge on any atom is 0.472 e. The van der Waals surface area contributed by atoms with Gasteiger partial charge in [-0.15, -0.1) is 0 Å². The van der Waals surface area contributed by atoms with Crippen molar-refractivity contribution in [3.05, 3.63) is 158 Å². The Balaban J connectivity index is 4.58. The summed E-state index contributed by atoms with van der Waals surface area (Å²) in [5.41, 5.74) is 0. The van der Waals surface area contributed by atoms with Gasteiger partial charge < -0.3 is 34.2 Å². The van der Waals surface area contributed by atoms with Crippen molar-refractivity contribution < 1.29 is 75.8 Å². The molecule has 5 atom stereocenters. The summed E-state index contributed by atoms with van der Waals surface area (Å²) >= 11 is 0. The second-order valence-corrected chi connectivity index (χ2v) is 41.8. The molecule has 0 spiro atoms. The molecule has 0 radical (unpaired) electrons. The van der Waals surface area contributed by atoms with E-state index in [4.69, 9.17) is 32.3 Å². The highest BCUT2D eigenvalue weighted by Gasteiger charge is 2.30. The van der Waals surface area contributed by atoms with Crippen LogP contribution in [0.5, 0.6) is 0 Å². The highest BCUT2D eigenvalue weighted by atomic mass is 31.2. The van der Waals surface area contributed by atoms with Crippen LogP contribution in [0.25, 0.3) is 0 Å². The summed E-state index contributed by atoms with van der Waals surface area (Å²) in [6.45, 7) is 2.63. The van der Waals surface area contributed by atoms with Crippen molar-refractivity contribution in [3.8, 4) is 0 Å². The fourth-order valence-corrected chi connectivity index (χ4v) is 18.1. The van der Waals surface area contributed by atoms with Crippen LogP contribution < -0.4 is 0 Å². The molecule has 0 saturated heterocycles. The number of hydrogen-bond acceptors (Lipinski definition) is 14. The highest BCUT2D eigenvalue weighted by molar-refractivity contribution is 7.47. The van der Waals surface area contributed by atoms with Crippen LogP contribution in [-0.2, 0) is 55.8 Å². The van der Waals surface area contributed by atoms with Gasteiger partial charge in [0.15, 0.2) is 6.10 Å². The molecule has 4 N–H and O–H groups in total. The van der Waals surface area contributed by atoms with E-state index in [9.17, 15) is 43.5 Å². The molecule has 0 aromatic rings. The van der Waals surface area contributed by atoms with E-state index in [2.05, 4.69) is 179 Å². The first-order valence-corrected chi connectivity index (χ1v) is 60.8. The molecule has 0 fully saturated rings. The first-order chi connectivity index (χ1) is 68.2. The summed E-state index contributed by atoms with van der Waals surface area (Å²) in [4.78, 5) is 59.4. The molecule has 0 aromatic heterocycles. The lowest BCUT2D eigenvalue weighted by Crippen LogP contribution is -2.30. The quantitative estimate of drug-likeness (QED) is 0.0146. The van der Waals surface area contributed by atoms with Crippen molar-refractivity contribution in [2.45, 2.75) is 553 Å². The standard InChI is InChI=1S/C121H214O16P2/c1-4-7-10-13-16-19-22-25-28-31-34-37-40-43-46-49-52-55-57-60-62-65-68-71-74-77-80-83-86-89-92-95-98-101-104-107-119(124)131-110-116(122)111-133-138(127,128)134-112-117(123)113-135-139(129,130)136-115-118(137-121(126)109-106-103-100-97-94-91-88-85-82-79-76-73-70-67-64-59-54-51-48-45-42-39-36-33-30-27-24-21-18-15-12-9-6-3)114-132-120(125)108-105-102-99-96-93-90-87-84-81-78-75-72-69-66-63-61-58-56-53-50-47-44-41-38-35-32-29-26-23-20-17-14-11-8-5-2/h9,12,16-21,25-30,34-39,43-48,116-118,122-123H,4-8,10-11,13-15,22-24,31-33,40-42,49-115H2,1-3H3,(H,127,128)(H,129,130)/b12-9-,19-16-,20-17-,21-18-,28-25-,29-26-,30-27-,37-34-,38-35-,39-36-,46-43-,47-44-,48-45-. The third-order valence-electron chi connectivity index (χ3n) is 25.2. The van der Waals surface area contributed by atoms with Crippen molar-refractivity contribution in [3.63, 3.8) is 0 Å². The van der Waals surface area contributed by atoms with Crippen LogP contribution in [0.4, 0.5) is 0 Å². The lowest BCUT2D eigenvalue weighted by atomic mass is 10.0. The number of phosphoric ester groups is 2. The topological polar surface area (TPSA) is 231 Å². The van der Waals surface area contributed by atoms with Crippen LogP contribution >= 0.6 is 15.6 Å². The molecular weight excluding hydrogens is 1770 g/mol. The van der Waals surface area contributed by atoms with E-state index in [0.717, 1.165) is 135 Å². The zero-order valence-electron chi connectivity index (χ0n) is 89.6. The van der Waals surface area contributed by atoms with Gasteiger partial charge in [-0.2, -0.15) is 0 Å². The van der Waals surface area contributed by atoms with E-state index in [1.165, 1.54) is 340 Å². The number of aliphatic hydroxyl groups excluding tert-OH is 2. The Morgan fingerprint density at radius 1 is 0.209 bits per heavy atom. The molecule has 0 saturated carbocycles. The molecule has 0 aliphatic rings. The molecule has 804 valence electrons. The summed E-state index contributed by atoms with van der Waals surface area (Å²) in [6.07, 6.45) is 148. The summed E-state index contributed by atoms with van der Waals surface area (Å²) < 4.78 is 61.9. The Morgan fingerprint density at radius 2 is 0.381 bits per heavy atom. The molecule has 0 rings (SSSR count). The second kappa shape index (κ2) is 112. The van der Waals surface area contributed by atoms with Gasteiger partial charge in [0, 0.05) is 19.3 Å². The molecule has 18 heteroatoms. The van der Waals surface area contributed by atoms with Crippen molar-refractivity contribution in [1.82, 2.24) is 0 Å². The molecule has 139 heavy (non-hydrogen) atoms. The van der Waals surface area contributed by atoms with E-state index in [-0.39, 0.29) is 19.3 Å². The van der Waals surface area contributed by atoms with Gasteiger partial charge in [0.2, 0.25) is 0 Å². The number of unbranched alkanes of at least 4 members (excludes halogenated alkanes) is 61. The van der Waals surface area contributed by atoms with E-state index >= 15 is 0 Å².